The number of hydrogen-bond donors (Lipinski definition) is 2. The van der Waals surface area contributed by atoms with E-state index in [1.165, 1.54) is 0 Å². The van der Waals surface area contributed by atoms with Crippen molar-refractivity contribution in [3.8, 4) is 0 Å². The lowest BCUT2D eigenvalue weighted by Gasteiger charge is -2.19. The number of amides is 2. The summed E-state index contributed by atoms with van der Waals surface area (Å²) in [6, 6.07) is 6.63. The number of rotatable bonds is 10. The van der Waals surface area contributed by atoms with Gasteiger partial charge < -0.3 is 14.4 Å². The SMILES string of the molecule is CCOP(=O)(CCC1NC(=O)N(OCc2ccc(C)cc2)C1=N)OCC. The molecule has 1 aromatic carbocycles. The van der Waals surface area contributed by atoms with Gasteiger partial charge in [0.15, 0.2) is 5.84 Å². The molecule has 26 heavy (non-hydrogen) atoms. The Morgan fingerprint density at radius 3 is 2.38 bits per heavy atom. The molecule has 1 fully saturated rings. The number of hydroxylamine groups is 2. The summed E-state index contributed by atoms with van der Waals surface area (Å²) in [6.45, 7) is 6.20. The largest absolute Gasteiger partial charge is 0.347 e. The van der Waals surface area contributed by atoms with Crippen molar-refractivity contribution in [2.24, 2.45) is 0 Å². The van der Waals surface area contributed by atoms with Gasteiger partial charge >= 0.3 is 13.6 Å². The number of urea groups is 1. The van der Waals surface area contributed by atoms with E-state index in [4.69, 9.17) is 19.3 Å². The van der Waals surface area contributed by atoms with Crippen LogP contribution in [-0.2, 0) is 25.1 Å². The number of nitrogens with one attached hydrogen (secondary N) is 2. The summed E-state index contributed by atoms with van der Waals surface area (Å²) in [6.07, 6.45) is 0.389. The molecule has 1 aromatic rings. The second-order valence-electron chi connectivity index (χ2n) is 5.90. The summed E-state index contributed by atoms with van der Waals surface area (Å²) in [7, 11) is -3.21. The Labute approximate surface area is 153 Å². The fraction of sp³-hybridized carbons (Fsp3) is 0.529. The highest BCUT2D eigenvalue weighted by Gasteiger charge is 2.38. The molecule has 144 valence electrons. The molecule has 2 rings (SSSR count). The van der Waals surface area contributed by atoms with Crippen LogP contribution in [0.5, 0.6) is 0 Å². The van der Waals surface area contributed by atoms with Crippen LogP contribution in [0.2, 0.25) is 0 Å². The molecule has 0 aliphatic carbocycles. The van der Waals surface area contributed by atoms with Gasteiger partial charge in [-0.2, -0.15) is 5.06 Å². The average Bonchev–Trinajstić information content (AvgIpc) is 2.87. The van der Waals surface area contributed by atoms with Gasteiger partial charge in [0.2, 0.25) is 0 Å². The van der Waals surface area contributed by atoms with Crippen LogP contribution in [0.25, 0.3) is 0 Å². The van der Waals surface area contributed by atoms with E-state index < -0.39 is 19.7 Å². The van der Waals surface area contributed by atoms with E-state index in [1.54, 1.807) is 13.8 Å². The molecule has 1 atom stereocenters. The Hall–Kier alpha value is -1.73. The topological polar surface area (TPSA) is 101 Å². The predicted octanol–water partition coefficient (Wildman–Crippen LogP) is 3.45. The molecule has 1 aliphatic heterocycles. The first-order valence-electron chi connectivity index (χ1n) is 8.64. The van der Waals surface area contributed by atoms with Gasteiger partial charge in [-0.15, -0.1) is 0 Å². The summed E-state index contributed by atoms with van der Waals surface area (Å²) >= 11 is 0. The standard InChI is InChI=1S/C17H26N3O5P/c1-4-24-26(22,25-5-2)11-10-15-16(18)20(17(21)19-15)23-12-14-8-6-13(3)7-9-14/h6-9,15,18H,4-5,10-12H2,1-3H3,(H,19,21). The van der Waals surface area contributed by atoms with Crippen molar-refractivity contribution in [2.75, 3.05) is 19.4 Å². The number of carbonyl (C=O) groups is 1. The Balaban J connectivity index is 1.91. The van der Waals surface area contributed by atoms with Crippen molar-refractivity contribution in [3.63, 3.8) is 0 Å². The van der Waals surface area contributed by atoms with Crippen LogP contribution in [0.4, 0.5) is 4.79 Å². The average molecular weight is 383 g/mol. The molecular formula is C17H26N3O5P. The van der Waals surface area contributed by atoms with E-state index in [9.17, 15) is 9.36 Å². The second kappa shape index (κ2) is 9.28. The Morgan fingerprint density at radius 1 is 1.19 bits per heavy atom. The number of hydrogen-bond acceptors (Lipinski definition) is 6. The quantitative estimate of drug-likeness (QED) is 0.603. The van der Waals surface area contributed by atoms with Crippen molar-refractivity contribution in [1.82, 2.24) is 10.4 Å². The van der Waals surface area contributed by atoms with Crippen LogP contribution < -0.4 is 5.32 Å². The van der Waals surface area contributed by atoms with Gasteiger partial charge in [0.1, 0.15) is 6.61 Å². The second-order valence-corrected chi connectivity index (χ2v) is 8.08. The fourth-order valence-corrected chi connectivity index (χ4v) is 4.23. The summed E-state index contributed by atoms with van der Waals surface area (Å²) in [5.41, 5.74) is 2.03. The maximum Gasteiger partial charge on any atom is 0.347 e. The number of nitrogens with zero attached hydrogens (tertiary/aromatic N) is 1. The van der Waals surface area contributed by atoms with E-state index >= 15 is 0 Å². The predicted molar refractivity (Wildman–Crippen MR) is 98.2 cm³/mol. The van der Waals surface area contributed by atoms with E-state index in [2.05, 4.69) is 5.32 Å². The number of aryl methyl sites for hydroxylation is 1. The highest BCUT2D eigenvalue weighted by atomic mass is 31.2. The molecule has 1 unspecified atom stereocenters. The third kappa shape index (κ3) is 5.38. The minimum absolute atomic E-state index is 0.0124. The summed E-state index contributed by atoms with van der Waals surface area (Å²) in [4.78, 5) is 17.5. The van der Waals surface area contributed by atoms with E-state index in [1.807, 2.05) is 31.2 Å². The number of amidine groups is 1. The number of benzene rings is 1. The lowest BCUT2D eigenvalue weighted by Crippen LogP contribution is -2.31. The van der Waals surface area contributed by atoms with Crippen LogP contribution in [0.1, 0.15) is 31.4 Å². The molecule has 1 saturated heterocycles. The molecule has 2 N–H and O–H groups in total. The minimum atomic E-state index is -3.21. The smallest absolute Gasteiger partial charge is 0.326 e. The first-order chi connectivity index (χ1) is 12.4. The number of carbonyl (C=O) groups excluding carboxylic acids is 1. The van der Waals surface area contributed by atoms with Gasteiger partial charge in [0.05, 0.1) is 25.4 Å². The van der Waals surface area contributed by atoms with Gasteiger partial charge in [0.25, 0.3) is 0 Å². The zero-order chi connectivity index (χ0) is 19.2. The zero-order valence-electron chi connectivity index (χ0n) is 15.4. The van der Waals surface area contributed by atoms with E-state index in [-0.39, 0.29) is 38.2 Å². The van der Waals surface area contributed by atoms with Crippen LogP contribution >= 0.6 is 7.60 Å². The molecule has 0 radical (unpaired) electrons. The molecule has 0 spiro atoms. The Kier molecular flexibility index (Phi) is 7.34. The highest BCUT2D eigenvalue weighted by Crippen LogP contribution is 2.48. The molecule has 1 aliphatic rings. The van der Waals surface area contributed by atoms with Crippen LogP contribution in [0.3, 0.4) is 0 Å². The Morgan fingerprint density at radius 2 is 1.81 bits per heavy atom. The fourth-order valence-electron chi connectivity index (χ4n) is 2.53. The monoisotopic (exact) mass is 383 g/mol. The van der Waals surface area contributed by atoms with Crippen LogP contribution in [-0.4, -0.2) is 42.3 Å². The van der Waals surface area contributed by atoms with Crippen molar-refractivity contribution in [3.05, 3.63) is 35.4 Å². The molecule has 8 nitrogen and oxygen atoms in total. The Bertz CT molecular complexity index is 669. The summed E-state index contributed by atoms with van der Waals surface area (Å²) in [5, 5.41) is 11.8. The van der Waals surface area contributed by atoms with Gasteiger partial charge in [-0.25, -0.2) is 4.79 Å². The molecule has 1 heterocycles. The van der Waals surface area contributed by atoms with Crippen molar-refractivity contribution < 1.29 is 23.2 Å². The molecule has 9 heteroatoms. The van der Waals surface area contributed by atoms with Crippen LogP contribution in [0, 0.1) is 12.3 Å². The van der Waals surface area contributed by atoms with Gasteiger partial charge in [-0.1, -0.05) is 29.8 Å². The van der Waals surface area contributed by atoms with Gasteiger partial charge in [-0.05, 0) is 32.8 Å². The zero-order valence-corrected chi connectivity index (χ0v) is 16.3. The van der Waals surface area contributed by atoms with Crippen molar-refractivity contribution in [2.45, 2.75) is 39.8 Å². The molecule has 0 aromatic heterocycles. The maximum atomic E-state index is 12.5. The summed E-state index contributed by atoms with van der Waals surface area (Å²) < 4.78 is 23.0. The third-order valence-electron chi connectivity index (χ3n) is 3.86. The van der Waals surface area contributed by atoms with Crippen molar-refractivity contribution >= 4 is 19.5 Å². The van der Waals surface area contributed by atoms with Gasteiger partial charge in [0, 0.05) is 0 Å². The van der Waals surface area contributed by atoms with E-state index in [0.717, 1.165) is 16.2 Å². The first kappa shape index (κ1) is 20.6. The maximum absolute atomic E-state index is 12.5. The van der Waals surface area contributed by atoms with Crippen molar-refractivity contribution in [1.29, 1.82) is 5.41 Å². The third-order valence-corrected chi connectivity index (χ3v) is 5.96. The minimum Gasteiger partial charge on any atom is -0.326 e. The lowest BCUT2D eigenvalue weighted by molar-refractivity contribution is -0.0683. The molecule has 0 saturated carbocycles. The molecule has 0 bridgehead atoms. The molecule has 2 amide bonds. The van der Waals surface area contributed by atoms with Crippen LogP contribution in [0.15, 0.2) is 24.3 Å². The van der Waals surface area contributed by atoms with Gasteiger partial charge in [-0.3, -0.25) is 14.8 Å². The van der Waals surface area contributed by atoms with E-state index in [0.29, 0.717) is 0 Å². The normalized spacial score (nSPS) is 17.7. The lowest BCUT2D eigenvalue weighted by atomic mass is 10.2. The summed E-state index contributed by atoms with van der Waals surface area (Å²) in [5.74, 6) is -0.0124. The highest BCUT2D eigenvalue weighted by molar-refractivity contribution is 7.53. The first-order valence-corrected chi connectivity index (χ1v) is 10.4. The molecular weight excluding hydrogens is 357 g/mol.